The smallest absolute Gasteiger partial charge is 0.261 e. The van der Waals surface area contributed by atoms with E-state index in [2.05, 4.69) is 15.4 Å². The number of hydrogen-bond acceptors (Lipinski definition) is 4. The fourth-order valence-electron chi connectivity index (χ4n) is 2.68. The number of halogens is 2. The highest BCUT2D eigenvalue weighted by Crippen LogP contribution is 2.20. The van der Waals surface area contributed by atoms with Crippen molar-refractivity contribution in [2.45, 2.75) is 11.3 Å². The maximum absolute atomic E-state index is 13.3. The fourth-order valence-corrected chi connectivity index (χ4v) is 3.75. The van der Waals surface area contributed by atoms with Gasteiger partial charge in [-0.3, -0.25) is 14.3 Å². The van der Waals surface area contributed by atoms with Crippen LogP contribution in [0.25, 0.3) is 0 Å². The number of carbonyl (C=O) groups excluding carboxylic acids is 2. The Morgan fingerprint density at radius 3 is 2.12 bits per heavy atom. The molecule has 0 aliphatic rings. The number of hydrogen-bond donors (Lipinski definition) is 3. The van der Waals surface area contributed by atoms with Crippen molar-refractivity contribution in [1.82, 2.24) is 5.32 Å². The number of carbonyl (C=O) groups is 2. The monoisotopic (exact) mass is 459 g/mol. The highest BCUT2D eigenvalue weighted by atomic mass is 32.2. The molecule has 0 aromatic heterocycles. The molecule has 0 heterocycles. The van der Waals surface area contributed by atoms with Gasteiger partial charge in [0.05, 0.1) is 4.90 Å². The quantitative estimate of drug-likeness (QED) is 0.479. The summed E-state index contributed by atoms with van der Waals surface area (Å²) in [6, 6.07) is 16.6. The van der Waals surface area contributed by atoms with Crippen LogP contribution < -0.4 is 15.4 Å². The Morgan fingerprint density at radius 2 is 1.47 bits per heavy atom. The summed E-state index contributed by atoms with van der Waals surface area (Å²) < 4.78 is 53.2. The van der Waals surface area contributed by atoms with E-state index in [0.717, 1.165) is 12.1 Å². The van der Waals surface area contributed by atoms with Crippen LogP contribution in [0.15, 0.2) is 77.7 Å². The highest BCUT2D eigenvalue weighted by Gasteiger charge is 2.17. The summed E-state index contributed by atoms with van der Waals surface area (Å²) in [6.45, 7) is 0.145. The van der Waals surface area contributed by atoms with Crippen molar-refractivity contribution in [1.29, 1.82) is 0 Å². The molecule has 3 N–H and O–H groups in total. The lowest BCUT2D eigenvalue weighted by Crippen LogP contribution is -2.27. The molecule has 3 aromatic rings. The van der Waals surface area contributed by atoms with E-state index in [9.17, 15) is 26.8 Å². The number of nitrogens with one attached hydrogen (secondary N) is 3. The van der Waals surface area contributed by atoms with Gasteiger partial charge in [0.15, 0.2) is 11.6 Å². The molecule has 2 amide bonds. The summed E-state index contributed by atoms with van der Waals surface area (Å²) in [7, 11) is -4.12. The highest BCUT2D eigenvalue weighted by molar-refractivity contribution is 7.92. The zero-order chi connectivity index (χ0) is 23.1. The molecule has 166 valence electrons. The zero-order valence-electron chi connectivity index (χ0n) is 16.6. The van der Waals surface area contributed by atoms with Crippen LogP contribution in [0.3, 0.4) is 0 Å². The molecule has 0 aliphatic heterocycles. The van der Waals surface area contributed by atoms with Crippen LogP contribution in [-0.4, -0.2) is 26.8 Å². The van der Waals surface area contributed by atoms with Gasteiger partial charge < -0.3 is 10.6 Å². The Bertz CT molecular complexity index is 1220. The Labute approximate surface area is 183 Å². The fraction of sp³-hybridized carbons (Fsp3) is 0.0909. The summed E-state index contributed by atoms with van der Waals surface area (Å²) in [5.74, 6) is -3.04. The lowest BCUT2D eigenvalue weighted by atomic mass is 10.2. The minimum Gasteiger partial charge on any atom is -0.352 e. The van der Waals surface area contributed by atoms with Crippen molar-refractivity contribution in [2.75, 3.05) is 16.6 Å². The molecular formula is C22H19F2N3O4S. The number of rotatable bonds is 8. The van der Waals surface area contributed by atoms with Gasteiger partial charge >= 0.3 is 0 Å². The van der Waals surface area contributed by atoms with Gasteiger partial charge in [0.1, 0.15) is 0 Å². The third-order valence-corrected chi connectivity index (χ3v) is 5.67. The molecular weight excluding hydrogens is 440 g/mol. The molecule has 0 radical (unpaired) electrons. The Balaban J connectivity index is 1.51. The third kappa shape index (κ3) is 6.11. The second kappa shape index (κ2) is 10.0. The number of sulfonamides is 1. The topological polar surface area (TPSA) is 104 Å². The van der Waals surface area contributed by atoms with E-state index in [-0.39, 0.29) is 30.5 Å². The minimum absolute atomic E-state index is 0.0447. The maximum Gasteiger partial charge on any atom is 0.261 e. The molecule has 0 atom stereocenters. The lowest BCUT2D eigenvalue weighted by Gasteiger charge is -2.10. The summed E-state index contributed by atoms with van der Waals surface area (Å²) in [6.07, 6.45) is 0.0447. The largest absolute Gasteiger partial charge is 0.352 e. The molecule has 3 aromatic carbocycles. The SMILES string of the molecule is O=C(CCNC(=O)c1ccccc1)Nc1ccc(NS(=O)(=O)c2ccc(F)c(F)c2)cc1. The van der Waals surface area contributed by atoms with Crippen LogP contribution in [0, 0.1) is 11.6 Å². The summed E-state index contributed by atoms with van der Waals surface area (Å²) in [5, 5.41) is 5.28. The van der Waals surface area contributed by atoms with Gasteiger partial charge in [0.2, 0.25) is 5.91 Å². The van der Waals surface area contributed by atoms with Crippen LogP contribution in [0.1, 0.15) is 16.8 Å². The van der Waals surface area contributed by atoms with Crippen LogP contribution >= 0.6 is 0 Å². The van der Waals surface area contributed by atoms with Crippen molar-refractivity contribution in [2.24, 2.45) is 0 Å². The second-order valence-corrected chi connectivity index (χ2v) is 8.36. The first-order chi connectivity index (χ1) is 15.2. The van der Waals surface area contributed by atoms with Gasteiger partial charge in [-0.2, -0.15) is 0 Å². The van der Waals surface area contributed by atoms with Crippen molar-refractivity contribution >= 4 is 33.2 Å². The van der Waals surface area contributed by atoms with Crippen molar-refractivity contribution in [3.05, 3.63) is 90.0 Å². The van der Waals surface area contributed by atoms with Crippen LogP contribution in [0.4, 0.5) is 20.2 Å². The minimum atomic E-state index is -4.12. The van der Waals surface area contributed by atoms with Gasteiger partial charge in [-0.05, 0) is 54.6 Å². The summed E-state index contributed by atoms with van der Waals surface area (Å²) in [5.41, 5.74) is 1.08. The Morgan fingerprint density at radius 1 is 0.812 bits per heavy atom. The van der Waals surface area contributed by atoms with Crippen LogP contribution in [-0.2, 0) is 14.8 Å². The Kier molecular flexibility index (Phi) is 7.16. The van der Waals surface area contributed by atoms with E-state index in [4.69, 9.17) is 0 Å². The summed E-state index contributed by atoms with van der Waals surface area (Å²) in [4.78, 5) is 23.6. The molecule has 10 heteroatoms. The molecule has 0 spiro atoms. The molecule has 0 fully saturated rings. The van der Waals surface area contributed by atoms with Crippen molar-refractivity contribution in [3.8, 4) is 0 Å². The van der Waals surface area contributed by atoms with E-state index in [1.54, 1.807) is 30.3 Å². The maximum atomic E-state index is 13.3. The first-order valence-corrected chi connectivity index (χ1v) is 10.9. The standard InChI is InChI=1S/C22H19F2N3O4S/c23-19-11-10-18(14-20(19)24)32(30,31)27-17-8-6-16(7-9-17)26-21(28)12-13-25-22(29)15-4-2-1-3-5-15/h1-11,14,27H,12-13H2,(H,25,29)(H,26,28). The first kappa shape index (κ1) is 22.9. The van der Waals surface area contributed by atoms with Gasteiger partial charge in [-0.25, -0.2) is 17.2 Å². The van der Waals surface area contributed by atoms with E-state index in [0.29, 0.717) is 17.3 Å². The molecule has 0 saturated heterocycles. The predicted octanol–water partition coefficient (Wildman–Crippen LogP) is 3.52. The zero-order valence-corrected chi connectivity index (χ0v) is 17.5. The molecule has 0 aliphatic carbocycles. The number of amides is 2. The molecule has 0 bridgehead atoms. The molecule has 32 heavy (non-hydrogen) atoms. The van der Waals surface area contributed by atoms with E-state index < -0.39 is 26.6 Å². The average Bonchev–Trinajstić information content (AvgIpc) is 2.77. The van der Waals surface area contributed by atoms with Gasteiger partial charge in [-0.15, -0.1) is 0 Å². The van der Waals surface area contributed by atoms with Gasteiger partial charge in [-0.1, -0.05) is 18.2 Å². The molecule has 7 nitrogen and oxygen atoms in total. The average molecular weight is 459 g/mol. The van der Waals surface area contributed by atoms with E-state index in [1.165, 1.54) is 24.3 Å². The summed E-state index contributed by atoms with van der Waals surface area (Å²) >= 11 is 0. The molecule has 0 unspecified atom stereocenters. The molecule has 0 saturated carbocycles. The van der Waals surface area contributed by atoms with Crippen molar-refractivity contribution < 1.29 is 26.8 Å². The second-order valence-electron chi connectivity index (χ2n) is 6.68. The molecule has 3 rings (SSSR count). The lowest BCUT2D eigenvalue weighted by molar-refractivity contribution is -0.116. The van der Waals surface area contributed by atoms with Gasteiger partial charge in [0, 0.05) is 29.9 Å². The normalized spacial score (nSPS) is 10.9. The first-order valence-electron chi connectivity index (χ1n) is 9.45. The number of anilines is 2. The third-order valence-electron chi connectivity index (χ3n) is 4.30. The van der Waals surface area contributed by atoms with E-state index in [1.807, 2.05) is 0 Å². The Hall–Kier alpha value is -3.79. The van der Waals surface area contributed by atoms with E-state index >= 15 is 0 Å². The van der Waals surface area contributed by atoms with Crippen LogP contribution in [0.2, 0.25) is 0 Å². The predicted molar refractivity (Wildman–Crippen MR) is 116 cm³/mol. The number of benzene rings is 3. The van der Waals surface area contributed by atoms with Crippen LogP contribution in [0.5, 0.6) is 0 Å². The van der Waals surface area contributed by atoms with Gasteiger partial charge in [0.25, 0.3) is 15.9 Å². The van der Waals surface area contributed by atoms with Crippen molar-refractivity contribution in [3.63, 3.8) is 0 Å².